The molecule has 0 spiro atoms. The molecule has 0 radical (unpaired) electrons. The lowest BCUT2D eigenvalue weighted by atomic mass is 9.85. The van der Waals surface area contributed by atoms with E-state index in [2.05, 4.69) is 36.9 Å². The van der Waals surface area contributed by atoms with Crippen molar-refractivity contribution in [3.8, 4) is 33.8 Å². The lowest BCUT2D eigenvalue weighted by Crippen LogP contribution is -2.56. The van der Waals surface area contributed by atoms with E-state index in [1.807, 2.05) is 62.4 Å². The van der Waals surface area contributed by atoms with E-state index in [1.54, 1.807) is 42.7 Å². The van der Waals surface area contributed by atoms with Crippen LogP contribution in [0.15, 0.2) is 60.2 Å². The molecule has 408 valence electrons. The molecule has 4 N–H and O–H groups in total. The Balaban J connectivity index is 0.750. The number of anilines is 2. The number of aromatic nitrogens is 2. The van der Waals surface area contributed by atoms with Crippen molar-refractivity contribution in [2.45, 2.75) is 78.1 Å². The molecule has 5 aromatic rings. The quantitative estimate of drug-likeness (QED) is 0.0414. The topological polar surface area (TPSA) is 213 Å². The molecule has 1 unspecified atom stereocenters. The molecule has 0 saturated carbocycles. The molecular formula is C55H69Cl2N9O9S. The van der Waals surface area contributed by atoms with E-state index < -0.39 is 23.6 Å². The number of halogens is 2. The highest BCUT2D eigenvalue weighted by molar-refractivity contribution is 7.13. The first-order valence-electron chi connectivity index (χ1n) is 25.6. The fourth-order valence-corrected chi connectivity index (χ4v) is 10.6. The maximum Gasteiger partial charge on any atom is 0.243 e. The summed E-state index contributed by atoms with van der Waals surface area (Å²) in [4.78, 5) is 56.1. The molecule has 3 atom stereocenters. The summed E-state index contributed by atoms with van der Waals surface area (Å²) in [6.45, 7) is 14.3. The summed E-state index contributed by atoms with van der Waals surface area (Å²) in [6.07, 6.45) is 2.58. The number of carbonyl (C=O) groups is 3. The minimum Gasteiger partial charge on any atom is -0.495 e. The monoisotopic (exact) mass is 1100 g/mol. The highest BCUT2D eigenvalue weighted by Crippen LogP contribution is 2.41. The van der Waals surface area contributed by atoms with Crippen LogP contribution in [0.4, 0.5) is 11.4 Å². The Morgan fingerprint density at radius 2 is 1.64 bits per heavy atom. The number of fused-ring (bicyclic) bond motifs is 1. The number of rotatable bonds is 25. The lowest BCUT2D eigenvalue weighted by Gasteiger charge is -2.35. The number of thiazole rings is 1. The van der Waals surface area contributed by atoms with E-state index in [-0.39, 0.29) is 30.7 Å². The smallest absolute Gasteiger partial charge is 0.243 e. The average Bonchev–Trinajstić information content (AvgIpc) is 4.04. The van der Waals surface area contributed by atoms with Crippen molar-refractivity contribution in [2.75, 3.05) is 98.4 Å². The van der Waals surface area contributed by atoms with E-state index in [9.17, 15) is 24.8 Å². The molecule has 0 bridgehead atoms. The molecule has 3 amide bonds. The van der Waals surface area contributed by atoms with Crippen molar-refractivity contribution >= 4 is 74.5 Å². The number of benzene rings is 3. The van der Waals surface area contributed by atoms with Gasteiger partial charge >= 0.3 is 0 Å². The molecule has 2 aliphatic heterocycles. The Kier molecular flexibility index (Phi) is 20.9. The molecule has 7 rings (SSSR count). The molecule has 4 heterocycles. The number of piperazine rings is 1. The van der Waals surface area contributed by atoms with Crippen LogP contribution in [0, 0.1) is 23.7 Å². The maximum atomic E-state index is 14.0. The number of nitrogens with zero attached hydrogens (tertiary/aromatic N) is 6. The van der Waals surface area contributed by atoms with Crippen LogP contribution in [-0.2, 0) is 30.4 Å². The number of ether oxygens (including phenoxy) is 5. The van der Waals surface area contributed by atoms with Crippen molar-refractivity contribution < 1.29 is 43.2 Å². The number of aliphatic hydroxyl groups excluding tert-OH is 1. The van der Waals surface area contributed by atoms with Gasteiger partial charge in [-0.2, -0.15) is 5.26 Å². The van der Waals surface area contributed by atoms with Gasteiger partial charge in [0, 0.05) is 82.6 Å². The van der Waals surface area contributed by atoms with Gasteiger partial charge in [-0.05, 0) is 55.0 Å². The van der Waals surface area contributed by atoms with Crippen LogP contribution in [0.2, 0.25) is 10.0 Å². The van der Waals surface area contributed by atoms with Gasteiger partial charge < -0.3 is 54.5 Å². The van der Waals surface area contributed by atoms with Crippen LogP contribution in [0.25, 0.3) is 21.3 Å². The van der Waals surface area contributed by atoms with Crippen molar-refractivity contribution in [3.63, 3.8) is 0 Å². The fraction of sp³-hybridized carbons (Fsp3) is 0.491. The van der Waals surface area contributed by atoms with Gasteiger partial charge in [0.25, 0.3) is 0 Å². The summed E-state index contributed by atoms with van der Waals surface area (Å²) in [5.41, 5.74) is 6.25. The van der Waals surface area contributed by atoms with Gasteiger partial charge in [0.1, 0.15) is 17.9 Å². The molecule has 2 fully saturated rings. The maximum absolute atomic E-state index is 14.0. The number of amides is 3. The number of hydrogen-bond donors (Lipinski definition) is 4. The number of pyridine rings is 1. The fourth-order valence-electron chi connectivity index (χ4n) is 9.25. The third-order valence-corrected chi connectivity index (χ3v) is 15.0. The van der Waals surface area contributed by atoms with Crippen LogP contribution in [0.1, 0.15) is 63.3 Å². The number of β-amino-alcohol motifs (C(OH)–C–C–N with tert-alkyl or cyclic N) is 1. The van der Waals surface area contributed by atoms with E-state index in [4.69, 9.17) is 46.9 Å². The Morgan fingerprint density at radius 3 is 2.33 bits per heavy atom. The highest BCUT2D eigenvalue weighted by atomic mass is 35.5. The van der Waals surface area contributed by atoms with E-state index in [0.717, 1.165) is 47.8 Å². The second-order valence-electron chi connectivity index (χ2n) is 19.9. The standard InChI is InChI=1S/C55H69Cl2N9O9S/c1-35-51(76-34-62-35)37-11-9-36(10-12-37)31-61-53(69)45-25-39(67)33-66(45)54(70)52(55(2,3)4)59-14-7-20-73-23-24-74-22-13-49(68)65-18-16-64(17-19-65)15-8-21-75-48-28-43-40(26-47(48)72-6)50(38(30-58)32-60-43)63-44-29-46(71-5)42(57)27-41(44)56/h9-12,26-29,32,34,39,45,52,59,67H,7-8,13-25,31,33H2,1-6H3,(H,60,63)(H,61,69)/t39-,45+,52?/m1/s1. The van der Waals surface area contributed by atoms with Gasteiger partial charge in [0.05, 0.1) is 108 Å². The van der Waals surface area contributed by atoms with Crippen LogP contribution >= 0.6 is 34.5 Å². The van der Waals surface area contributed by atoms with Crippen molar-refractivity contribution in [1.82, 2.24) is 35.3 Å². The van der Waals surface area contributed by atoms with Gasteiger partial charge in [-0.3, -0.25) is 24.3 Å². The number of methoxy groups -OCH3 is 2. The Morgan fingerprint density at radius 1 is 0.908 bits per heavy atom. The van der Waals surface area contributed by atoms with Crippen LogP contribution in [0.3, 0.4) is 0 Å². The molecule has 2 saturated heterocycles. The molecule has 2 aromatic heterocycles. The molecule has 18 nitrogen and oxygen atoms in total. The molecule has 0 aliphatic carbocycles. The molecule has 76 heavy (non-hydrogen) atoms. The Labute approximate surface area is 458 Å². The van der Waals surface area contributed by atoms with Gasteiger partial charge in [-0.15, -0.1) is 11.3 Å². The molecule has 3 aromatic carbocycles. The summed E-state index contributed by atoms with van der Waals surface area (Å²) in [5, 5.41) is 31.5. The number of nitriles is 1. The molecule has 21 heteroatoms. The summed E-state index contributed by atoms with van der Waals surface area (Å²) in [7, 11) is 3.07. The van der Waals surface area contributed by atoms with E-state index >= 15 is 0 Å². The first-order valence-corrected chi connectivity index (χ1v) is 27.2. The third kappa shape index (κ3) is 15.2. The number of hydrogen-bond acceptors (Lipinski definition) is 16. The SMILES string of the molecule is COc1cc(Nc2c(C#N)cnc3cc(OCCCN4CCN(C(=O)CCOCCOCCCNC(C(=O)N5C[C@H](O)C[C@H]5C(=O)NCc5ccc(-c6scnc6C)cc5)C(C)(C)C)CC4)c(OC)cc23)c(Cl)cc1Cl. The Hall–Kier alpha value is -5.82. The Bertz CT molecular complexity index is 2820. The number of aryl methyl sites for hydroxylation is 1. The summed E-state index contributed by atoms with van der Waals surface area (Å²) >= 11 is 14.3. The average molecular weight is 1100 g/mol. The van der Waals surface area contributed by atoms with Crippen molar-refractivity contribution in [2.24, 2.45) is 5.41 Å². The normalized spacial score (nSPS) is 16.4. The summed E-state index contributed by atoms with van der Waals surface area (Å²) in [5.74, 6) is 0.993. The van der Waals surface area contributed by atoms with Crippen LogP contribution in [0.5, 0.6) is 17.2 Å². The van der Waals surface area contributed by atoms with E-state index in [0.29, 0.717) is 127 Å². The minimum atomic E-state index is -0.788. The van der Waals surface area contributed by atoms with Gasteiger partial charge in [0.15, 0.2) is 11.5 Å². The predicted molar refractivity (Wildman–Crippen MR) is 295 cm³/mol. The predicted octanol–water partition coefficient (Wildman–Crippen LogP) is 7.62. The first kappa shape index (κ1) is 57.9. The second-order valence-corrected chi connectivity index (χ2v) is 21.5. The van der Waals surface area contributed by atoms with Crippen LogP contribution < -0.4 is 30.2 Å². The minimum absolute atomic E-state index is 0.0609. The van der Waals surface area contributed by atoms with E-state index in [1.165, 1.54) is 18.2 Å². The number of carbonyl (C=O) groups excluding carboxylic acids is 3. The number of likely N-dealkylation sites (tertiary alicyclic amines) is 1. The van der Waals surface area contributed by atoms with Crippen LogP contribution in [-0.4, -0.2) is 159 Å². The van der Waals surface area contributed by atoms with Gasteiger partial charge in [-0.25, -0.2) is 4.98 Å². The first-order chi connectivity index (χ1) is 36.6. The molecule has 2 aliphatic rings. The van der Waals surface area contributed by atoms with Gasteiger partial charge in [0.2, 0.25) is 17.7 Å². The van der Waals surface area contributed by atoms with Gasteiger partial charge in [-0.1, -0.05) is 68.2 Å². The van der Waals surface area contributed by atoms with Crippen molar-refractivity contribution in [1.29, 1.82) is 5.26 Å². The summed E-state index contributed by atoms with van der Waals surface area (Å²) in [6, 6.07) is 15.6. The zero-order valence-electron chi connectivity index (χ0n) is 44.1. The highest BCUT2D eigenvalue weighted by Gasteiger charge is 2.43. The van der Waals surface area contributed by atoms with Crippen molar-refractivity contribution in [3.05, 3.63) is 87.1 Å². The molecular weight excluding hydrogens is 1030 g/mol. The largest absolute Gasteiger partial charge is 0.495 e. The third-order valence-electron chi connectivity index (χ3n) is 13.4. The zero-order chi connectivity index (χ0) is 54.4. The zero-order valence-corrected chi connectivity index (χ0v) is 46.4. The second kappa shape index (κ2) is 27.5. The number of aliphatic hydroxyl groups is 1. The summed E-state index contributed by atoms with van der Waals surface area (Å²) < 4.78 is 28.8. The number of nitrogens with one attached hydrogen (secondary N) is 3. The lowest BCUT2D eigenvalue weighted by molar-refractivity contribution is -0.142.